The average Bonchev–Trinajstić information content (AvgIpc) is 3.49. The van der Waals surface area contributed by atoms with Crippen LogP contribution in [0.15, 0.2) is 42.5 Å². The van der Waals surface area contributed by atoms with E-state index in [-0.39, 0.29) is 23.7 Å². The van der Waals surface area contributed by atoms with Gasteiger partial charge in [-0.3, -0.25) is 14.4 Å². The van der Waals surface area contributed by atoms with Crippen LogP contribution in [0.3, 0.4) is 0 Å². The molecule has 0 radical (unpaired) electrons. The topological polar surface area (TPSA) is 112 Å². The molecule has 2 aromatic rings. The van der Waals surface area contributed by atoms with E-state index in [1.807, 2.05) is 38.1 Å². The number of ketones is 1. The monoisotopic (exact) mass is 503 g/mol. The zero-order chi connectivity index (χ0) is 25.9. The average molecular weight is 504 g/mol. The SMILES string of the molecule is C=C1C(=O)[C@@]23C(=O)O[C@H]4CCC(C)(C)[C@H]5C(=O)OC[C@@]45[C@@H]2CC[C@@H]1[C@H]3OC(=O)c1cc2ccccc2[nH]1. The number of carbonyl (C=O) groups is 4. The van der Waals surface area contributed by atoms with Crippen molar-refractivity contribution in [3.63, 3.8) is 0 Å². The number of hydrogen-bond donors (Lipinski definition) is 1. The van der Waals surface area contributed by atoms with E-state index in [1.165, 1.54) is 0 Å². The highest BCUT2D eigenvalue weighted by atomic mass is 16.6. The van der Waals surface area contributed by atoms with E-state index in [2.05, 4.69) is 11.6 Å². The number of H-pyrrole nitrogens is 1. The zero-order valence-electron chi connectivity index (χ0n) is 20.9. The summed E-state index contributed by atoms with van der Waals surface area (Å²) >= 11 is 0. The van der Waals surface area contributed by atoms with Gasteiger partial charge in [0.1, 0.15) is 24.5 Å². The van der Waals surface area contributed by atoms with Gasteiger partial charge in [-0.2, -0.15) is 0 Å². The van der Waals surface area contributed by atoms with Gasteiger partial charge in [0, 0.05) is 16.8 Å². The molecule has 2 spiro atoms. The highest BCUT2D eigenvalue weighted by Gasteiger charge is 2.81. The van der Waals surface area contributed by atoms with Crippen LogP contribution in [0.5, 0.6) is 0 Å². The number of cyclic esters (lactones) is 1. The molecule has 1 aromatic carbocycles. The number of aromatic amines is 1. The summed E-state index contributed by atoms with van der Waals surface area (Å²) in [5.74, 6) is -3.57. The van der Waals surface area contributed by atoms with Crippen LogP contribution in [0, 0.1) is 34.0 Å². The number of hydrogen-bond acceptors (Lipinski definition) is 7. The van der Waals surface area contributed by atoms with Gasteiger partial charge in [0.2, 0.25) is 0 Å². The predicted molar refractivity (Wildman–Crippen MR) is 130 cm³/mol. The number of nitrogens with one attached hydrogen (secondary N) is 1. The molecule has 1 aromatic heterocycles. The van der Waals surface area contributed by atoms with Crippen molar-refractivity contribution in [2.75, 3.05) is 6.61 Å². The number of carbonyl (C=O) groups excluding carboxylic acids is 4. The third-order valence-corrected chi connectivity index (χ3v) is 10.1. The van der Waals surface area contributed by atoms with Gasteiger partial charge < -0.3 is 19.2 Å². The van der Waals surface area contributed by atoms with Crippen molar-refractivity contribution >= 4 is 34.6 Å². The van der Waals surface area contributed by atoms with Gasteiger partial charge in [-0.05, 0) is 54.7 Å². The summed E-state index contributed by atoms with van der Waals surface area (Å²) in [4.78, 5) is 57.6. The first kappa shape index (κ1) is 22.8. The summed E-state index contributed by atoms with van der Waals surface area (Å²) in [5.41, 5.74) is -1.64. The molecule has 2 saturated heterocycles. The molecular formula is C29H29NO7. The van der Waals surface area contributed by atoms with E-state index in [4.69, 9.17) is 14.2 Å². The Labute approximate surface area is 213 Å². The van der Waals surface area contributed by atoms with Crippen molar-refractivity contribution in [2.24, 2.45) is 34.0 Å². The van der Waals surface area contributed by atoms with Crippen molar-refractivity contribution in [2.45, 2.75) is 51.7 Å². The molecule has 1 N–H and O–H groups in total. The molecule has 3 heterocycles. The Morgan fingerprint density at radius 3 is 2.70 bits per heavy atom. The Balaban J connectivity index is 1.35. The molecule has 3 aliphatic carbocycles. The van der Waals surface area contributed by atoms with Crippen LogP contribution in [0.25, 0.3) is 10.9 Å². The Morgan fingerprint density at radius 2 is 1.92 bits per heavy atom. The van der Waals surface area contributed by atoms with E-state index < -0.39 is 58.5 Å². The predicted octanol–water partition coefficient (Wildman–Crippen LogP) is 3.75. The molecular weight excluding hydrogens is 474 g/mol. The van der Waals surface area contributed by atoms with Gasteiger partial charge >= 0.3 is 17.9 Å². The lowest BCUT2D eigenvalue weighted by molar-refractivity contribution is -0.244. The fourth-order valence-electron chi connectivity index (χ4n) is 8.65. The maximum absolute atomic E-state index is 14.0. The third-order valence-electron chi connectivity index (χ3n) is 10.1. The van der Waals surface area contributed by atoms with Crippen molar-refractivity contribution in [1.29, 1.82) is 0 Å². The zero-order valence-corrected chi connectivity index (χ0v) is 20.9. The first-order valence-electron chi connectivity index (χ1n) is 13.0. The largest absolute Gasteiger partial charge is 0.465 e. The van der Waals surface area contributed by atoms with Crippen molar-refractivity contribution in [3.05, 3.63) is 48.2 Å². The smallest absolute Gasteiger partial charge is 0.355 e. The van der Waals surface area contributed by atoms with E-state index in [1.54, 1.807) is 6.07 Å². The molecule has 7 rings (SSSR count). The van der Waals surface area contributed by atoms with Crippen molar-refractivity contribution in [3.8, 4) is 0 Å². The summed E-state index contributed by atoms with van der Waals surface area (Å²) in [6.45, 7) is 8.22. The quantitative estimate of drug-likeness (QED) is 0.288. The molecule has 37 heavy (non-hydrogen) atoms. The number of para-hydroxylation sites is 1. The van der Waals surface area contributed by atoms with Gasteiger partial charge in [-0.1, -0.05) is 38.6 Å². The molecule has 2 bridgehead atoms. The molecule has 5 aliphatic rings. The van der Waals surface area contributed by atoms with Crippen LogP contribution in [0.1, 0.15) is 50.0 Å². The highest BCUT2D eigenvalue weighted by molar-refractivity contribution is 6.17. The van der Waals surface area contributed by atoms with Crippen LogP contribution in [-0.4, -0.2) is 47.5 Å². The number of ether oxygens (including phenoxy) is 3. The molecule has 192 valence electrons. The Hall–Kier alpha value is -3.42. The molecule has 7 atom stereocenters. The summed E-state index contributed by atoms with van der Waals surface area (Å²) in [6.07, 6.45) is 0.790. The second-order valence-corrected chi connectivity index (χ2v) is 12.1. The summed E-state index contributed by atoms with van der Waals surface area (Å²) in [5, 5.41) is 0.852. The number of fused-ring (bicyclic) bond motifs is 2. The summed E-state index contributed by atoms with van der Waals surface area (Å²) in [6, 6.07) is 9.18. The summed E-state index contributed by atoms with van der Waals surface area (Å²) < 4.78 is 17.9. The summed E-state index contributed by atoms with van der Waals surface area (Å²) in [7, 11) is 0. The lowest BCUT2D eigenvalue weighted by Gasteiger charge is -2.61. The van der Waals surface area contributed by atoms with Gasteiger partial charge in [0.05, 0.1) is 11.3 Å². The van der Waals surface area contributed by atoms with Crippen LogP contribution in [0.4, 0.5) is 0 Å². The molecule has 0 unspecified atom stereocenters. The lowest BCUT2D eigenvalue weighted by Crippen LogP contribution is -2.71. The van der Waals surface area contributed by atoms with E-state index in [9.17, 15) is 19.2 Å². The van der Waals surface area contributed by atoms with Gasteiger partial charge in [-0.15, -0.1) is 0 Å². The standard InChI is InChI=1S/C29H29NO7/c1-14-16-8-9-19-28-13-35-25(33)21(28)27(2,3)11-10-20(28)36-26(34)29(19,22(14)31)23(16)37-24(32)18-12-15-6-4-5-7-17(15)30-18/h4-7,12,16,19-21,23,30H,1,8-11,13H2,2-3H3/t16-,19-,20-,21+,23+,28+,29-/m0/s1. The Bertz CT molecular complexity index is 1390. The van der Waals surface area contributed by atoms with Crippen LogP contribution >= 0.6 is 0 Å². The third kappa shape index (κ3) is 2.58. The maximum atomic E-state index is 14.0. The minimum atomic E-state index is -1.72. The fraction of sp³-hybridized carbons (Fsp3) is 0.517. The minimum Gasteiger partial charge on any atom is -0.465 e. The number of rotatable bonds is 2. The van der Waals surface area contributed by atoms with E-state index in [0.29, 0.717) is 31.3 Å². The Kier molecular flexibility index (Phi) is 4.37. The van der Waals surface area contributed by atoms with Crippen molar-refractivity contribution in [1.82, 2.24) is 4.98 Å². The van der Waals surface area contributed by atoms with Gasteiger partial charge in [-0.25, -0.2) is 4.79 Å². The normalized spacial score (nSPS) is 39.5. The number of esters is 3. The molecule has 2 aliphatic heterocycles. The molecule has 8 heteroatoms. The van der Waals surface area contributed by atoms with E-state index >= 15 is 0 Å². The van der Waals surface area contributed by atoms with Gasteiger partial charge in [0.15, 0.2) is 11.2 Å². The lowest BCUT2D eigenvalue weighted by atomic mass is 9.43. The van der Waals surface area contributed by atoms with Gasteiger partial charge in [0.25, 0.3) is 0 Å². The first-order valence-corrected chi connectivity index (χ1v) is 13.0. The number of Topliss-reactive ketones (excluding diaryl/α,β-unsaturated/α-hetero) is 1. The second-order valence-electron chi connectivity index (χ2n) is 12.1. The molecule has 5 fully saturated rings. The molecule has 3 saturated carbocycles. The number of aromatic nitrogens is 1. The molecule has 0 amide bonds. The molecule has 8 nitrogen and oxygen atoms in total. The van der Waals surface area contributed by atoms with Crippen LogP contribution in [0.2, 0.25) is 0 Å². The first-order chi connectivity index (χ1) is 17.6. The van der Waals surface area contributed by atoms with Crippen LogP contribution < -0.4 is 0 Å². The Morgan fingerprint density at radius 1 is 1.14 bits per heavy atom. The second kappa shape index (κ2) is 7.11. The highest BCUT2D eigenvalue weighted by Crippen LogP contribution is 2.71. The minimum absolute atomic E-state index is 0.0946. The fourth-order valence-corrected chi connectivity index (χ4v) is 8.65. The van der Waals surface area contributed by atoms with Crippen LogP contribution in [-0.2, 0) is 28.6 Å². The van der Waals surface area contributed by atoms with E-state index in [0.717, 1.165) is 10.9 Å². The maximum Gasteiger partial charge on any atom is 0.355 e. The number of benzene rings is 1. The van der Waals surface area contributed by atoms with Crippen molar-refractivity contribution < 1.29 is 33.4 Å².